The first-order chi connectivity index (χ1) is 15.2. The van der Waals surface area contributed by atoms with Gasteiger partial charge in [-0.15, -0.1) is 0 Å². The summed E-state index contributed by atoms with van der Waals surface area (Å²) in [5, 5.41) is 6.12. The van der Waals surface area contributed by atoms with Crippen LogP contribution in [0.1, 0.15) is 30.0 Å². The van der Waals surface area contributed by atoms with Gasteiger partial charge in [-0.3, -0.25) is 4.79 Å². The summed E-state index contributed by atoms with van der Waals surface area (Å²) in [6.07, 6.45) is 6.52. The Hall–Kier alpha value is -3.19. The van der Waals surface area contributed by atoms with E-state index in [1.807, 2.05) is 42.3 Å². The molecule has 31 heavy (non-hydrogen) atoms. The molecule has 2 heterocycles. The minimum Gasteiger partial charge on any atom is -0.338 e. The SMILES string of the molecule is CN(C(=O)CSc1ncnc2c1cnn2-c1ccccc1)[C@H]1CCCc2ccccc21. The highest BCUT2D eigenvalue weighted by atomic mass is 32.2. The van der Waals surface area contributed by atoms with Gasteiger partial charge >= 0.3 is 0 Å². The number of hydrogen-bond donors (Lipinski definition) is 0. The number of aryl methyl sites for hydroxylation is 1. The molecule has 0 N–H and O–H groups in total. The number of benzene rings is 2. The predicted octanol–water partition coefficient (Wildman–Crippen LogP) is 4.44. The van der Waals surface area contributed by atoms with Gasteiger partial charge in [0.15, 0.2) is 5.65 Å². The topological polar surface area (TPSA) is 63.9 Å². The minimum absolute atomic E-state index is 0.105. The van der Waals surface area contributed by atoms with Crippen molar-refractivity contribution in [3.8, 4) is 5.69 Å². The molecule has 0 bridgehead atoms. The number of rotatable bonds is 5. The van der Waals surface area contributed by atoms with Gasteiger partial charge in [-0.05, 0) is 42.5 Å². The van der Waals surface area contributed by atoms with E-state index in [0.29, 0.717) is 5.75 Å². The van der Waals surface area contributed by atoms with Gasteiger partial charge in [-0.2, -0.15) is 5.10 Å². The molecule has 1 amide bonds. The molecule has 156 valence electrons. The highest BCUT2D eigenvalue weighted by Gasteiger charge is 2.26. The zero-order valence-corrected chi connectivity index (χ0v) is 18.1. The lowest BCUT2D eigenvalue weighted by Gasteiger charge is -2.33. The fourth-order valence-electron chi connectivity index (χ4n) is 4.23. The van der Waals surface area contributed by atoms with Crippen LogP contribution in [0.25, 0.3) is 16.7 Å². The summed E-state index contributed by atoms with van der Waals surface area (Å²) in [5.41, 5.74) is 4.32. The molecule has 2 aromatic heterocycles. The monoisotopic (exact) mass is 429 g/mol. The lowest BCUT2D eigenvalue weighted by atomic mass is 9.87. The number of hydrogen-bond acceptors (Lipinski definition) is 5. The maximum atomic E-state index is 13.0. The third-order valence-electron chi connectivity index (χ3n) is 5.86. The van der Waals surface area contributed by atoms with Crippen molar-refractivity contribution in [3.63, 3.8) is 0 Å². The Morgan fingerprint density at radius 3 is 2.81 bits per heavy atom. The molecule has 6 nitrogen and oxygen atoms in total. The smallest absolute Gasteiger partial charge is 0.233 e. The summed E-state index contributed by atoms with van der Waals surface area (Å²) in [5.74, 6) is 0.437. The molecule has 0 radical (unpaired) electrons. The molecule has 0 spiro atoms. The van der Waals surface area contributed by atoms with E-state index in [0.717, 1.165) is 41.0 Å². The maximum Gasteiger partial charge on any atom is 0.233 e. The Balaban J connectivity index is 1.33. The van der Waals surface area contributed by atoms with Crippen LogP contribution in [-0.4, -0.2) is 43.4 Å². The number of thioether (sulfide) groups is 1. The summed E-state index contributed by atoms with van der Waals surface area (Å²) in [7, 11) is 1.92. The van der Waals surface area contributed by atoms with E-state index in [-0.39, 0.29) is 11.9 Å². The van der Waals surface area contributed by atoms with Crippen LogP contribution in [0.4, 0.5) is 0 Å². The van der Waals surface area contributed by atoms with E-state index in [1.165, 1.54) is 29.2 Å². The van der Waals surface area contributed by atoms with Crippen LogP contribution in [0.3, 0.4) is 0 Å². The normalized spacial score (nSPS) is 15.6. The molecule has 1 aliphatic carbocycles. The van der Waals surface area contributed by atoms with Crippen LogP contribution in [-0.2, 0) is 11.2 Å². The van der Waals surface area contributed by atoms with Crippen molar-refractivity contribution in [2.45, 2.75) is 30.3 Å². The highest BCUT2D eigenvalue weighted by molar-refractivity contribution is 8.00. The van der Waals surface area contributed by atoms with Crippen LogP contribution < -0.4 is 0 Å². The van der Waals surface area contributed by atoms with Crippen molar-refractivity contribution in [3.05, 3.63) is 78.2 Å². The van der Waals surface area contributed by atoms with Crippen LogP contribution in [0.15, 0.2) is 72.1 Å². The largest absolute Gasteiger partial charge is 0.338 e. The number of amides is 1. The number of fused-ring (bicyclic) bond motifs is 2. The summed E-state index contributed by atoms with van der Waals surface area (Å²) in [4.78, 5) is 23.8. The van der Waals surface area contributed by atoms with Crippen molar-refractivity contribution >= 4 is 28.7 Å². The fourth-order valence-corrected chi connectivity index (χ4v) is 5.12. The molecule has 0 aliphatic heterocycles. The van der Waals surface area contributed by atoms with Gasteiger partial charge in [0.2, 0.25) is 5.91 Å². The van der Waals surface area contributed by atoms with Gasteiger partial charge in [0.05, 0.1) is 29.1 Å². The van der Waals surface area contributed by atoms with Gasteiger partial charge in [0.1, 0.15) is 11.4 Å². The molecule has 7 heteroatoms. The Bertz CT molecular complexity index is 1220. The first-order valence-electron chi connectivity index (χ1n) is 10.4. The second kappa shape index (κ2) is 8.51. The first kappa shape index (κ1) is 19.8. The summed E-state index contributed by atoms with van der Waals surface area (Å²) in [6.45, 7) is 0. The standard InChI is InChI=1S/C24H23N5OS/c1-28(21-13-7-9-17-8-5-6-12-19(17)21)22(30)15-31-24-20-14-27-29(23(20)25-16-26-24)18-10-3-2-4-11-18/h2-6,8,10-12,14,16,21H,7,9,13,15H2,1H3/t21-/m0/s1. The van der Waals surface area contributed by atoms with E-state index < -0.39 is 0 Å². The molecule has 4 aromatic rings. The number of carbonyl (C=O) groups excluding carboxylic acids is 1. The van der Waals surface area contributed by atoms with E-state index in [2.05, 4.69) is 39.3 Å². The maximum absolute atomic E-state index is 13.0. The molecule has 0 fully saturated rings. The van der Waals surface area contributed by atoms with Crippen molar-refractivity contribution in [1.82, 2.24) is 24.6 Å². The van der Waals surface area contributed by atoms with Gasteiger partial charge in [0.25, 0.3) is 0 Å². The Kier molecular flexibility index (Phi) is 5.42. The average Bonchev–Trinajstić information content (AvgIpc) is 3.27. The molecule has 2 aromatic carbocycles. The van der Waals surface area contributed by atoms with Gasteiger partial charge in [0, 0.05) is 7.05 Å². The number of carbonyl (C=O) groups is 1. The summed E-state index contributed by atoms with van der Waals surface area (Å²) >= 11 is 1.44. The number of nitrogens with zero attached hydrogens (tertiary/aromatic N) is 5. The van der Waals surface area contributed by atoms with Crippen molar-refractivity contribution in [2.24, 2.45) is 0 Å². The molecule has 0 unspecified atom stereocenters. The van der Waals surface area contributed by atoms with E-state index >= 15 is 0 Å². The minimum atomic E-state index is 0.105. The third-order valence-corrected chi connectivity index (χ3v) is 6.85. The fraction of sp³-hybridized carbons (Fsp3) is 0.250. The molecular weight excluding hydrogens is 406 g/mol. The van der Waals surface area contributed by atoms with E-state index in [9.17, 15) is 4.79 Å². The lowest BCUT2D eigenvalue weighted by Crippen LogP contribution is -2.34. The Morgan fingerprint density at radius 2 is 1.94 bits per heavy atom. The molecule has 1 atom stereocenters. The third kappa shape index (κ3) is 3.81. The van der Waals surface area contributed by atoms with Crippen LogP contribution in [0.5, 0.6) is 0 Å². The predicted molar refractivity (Wildman–Crippen MR) is 122 cm³/mol. The molecule has 1 aliphatic rings. The van der Waals surface area contributed by atoms with Crippen molar-refractivity contribution in [2.75, 3.05) is 12.8 Å². The zero-order chi connectivity index (χ0) is 21.2. The van der Waals surface area contributed by atoms with Crippen LogP contribution in [0.2, 0.25) is 0 Å². The van der Waals surface area contributed by atoms with Gasteiger partial charge < -0.3 is 4.90 Å². The molecule has 0 saturated heterocycles. The summed E-state index contributed by atoms with van der Waals surface area (Å²) in [6, 6.07) is 18.5. The summed E-state index contributed by atoms with van der Waals surface area (Å²) < 4.78 is 1.80. The average molecular weight is 430 g/mol. The van der Waals surface area contributed by atoms with Crippen LogP contribution in [0, 0.1) is 0 Å². The first-order valence-corrected chi connectivity index (χ1v) is 11.4. The second-order valence-electron chi connectivity index (χ2n) is 7.71. The molecule has 0 saturated carbocycles. The molecule has 5 rings (SSSR count). The van der Waals surface area contributed by atoms with Crippen molar-refractivity contribution < 1.29 is 4.79 Å². The Morgan fingerprint density at radius 1 is 1.13 bits per heavy atom. The molecular formula is C24H23N5OS. The van der Waals surface area contributed by atoms with Crippen molar-refractivity contribution in [1.29, 1.82) is 0 Å². The van der Waals surface area contributed by atoms with E-state index in [1.54, 1.807) is 10.9 Å². The van der Waals surface area contributed by atoms with Gasteiger partial charge in [-0.25, -0.2) is 14.6 Å². The zero-order valence-electron chi connectivity index (χ0n) is 17.3. The van der Waals surface area contributed by atoms with Crippen LogP contribution >= 0.6 is 11.8 Å². The lowest BCUT2D eigenvalue weighted by molar-refractivity contribution is -0.129. The number of para-hydroxylation sites is 1. The van der Waals surface area contributed by atoms with E-state index in [4.69, 9.17) is 0 Å². The highest BCUT2D eigenvalue weighted by Crippen LogP contribution is 2.34. The van der Waals surface area contributed by atoms with Gasteiger partial charge in [-0.1, -0.05) is 54.2 Å². The second-order valence-corrected chi connectivity index (χ2v) is 8.67. The quantitative estimate of drug-likeness (QED) is 0.347. The number of aromatic nitrogens is 4. The Labute approximate surface area is 185 Å².